The second kappa shape index (κ2) is 16.5. The first-order chi connectivity index (χ1) is 16.5. The molecule has 1 N–H and O–H groups in total. The molecule has 2 aromatic carbocycles. The highest BCUT2D eigenvalue weighted by atomic mass is 32.2. The standard InChI is InChI=1S/C18H29NO4S.C7H8O3S/c1-5-21-13-17(22-6-2)14-23-16-9-7-15(8-10-16)19-18(20)11-12-24(3)4;1-6-2-4-7(5-3-6)11(8,9)10/h7-10,17H,5-6,11-14H2,1-4H3;2-5H,1H3,(H,8,9,10). The van der Waals surface area contributed by atoms with Crippen LogP contribution in [0.15, 0.2) is 53.4 Å². The van der Waals surface area contributed by atoms with Gasteiger partial charge in [-0.05, 0) is 68.1 Å². The summed E-state index contributed by atoms with van der Waals surface area (Å²) in [6.45, 7) is 7.98. The van der Waals surface area contributed by atoms with Crippen LogP contribution in [0.3, 0.4) is 0 Å². The fourth-order valence-corrected chi connectivity index (χ4v) is 3.74. The number of aryl methyl sites for hydroxylation is 1. The molecule has 196 valence electrons. The van der Waals surface area contributed by atoms with Crippen molar-refractivity contribution in [1.29, 1.82) is 0 Å². The predicted octanol–water partition coefficient (Wildman–Crippen LogP) is 3.61. The maximum atomic E-state index is 11.8. The number of nitrogens with one attached hydrogen (secondary N) is 1. The summed E-state index contributed by atoms with van der Waals surface area (Å²) in [6.07, 6.45) is 4.76. The van der Waals surface area contributed by atoms with Gasteiger partial charge in [-0.25, -0.2) is 8.42 Å². The lowest BCUT2D eigenvalue weighted by atomic mass is 10.2. The highest BCUT2D eigenvalue weighted by Crippen LogP contribution is 2.16. The third-order valence-electron chi connectivity index (χ3n) is 4.53. The Labute approximate surface area is 212 Å². The van der Waals surface area contributed by atoms with E-state index in [9.17, 15) is 17.8 Å². The molecule has 10 heteroatoms. The Morgan fingerprint density at radius 2 is 1.63 bits per heavy atom. The van der Waals surface area contributed by atoms with E-state index >= 15 is 0 Å². The van der Waals surface area contributed by atoms with Gasteiger partial charge >= 0.3 is 0 Å². The van der Waals surface area contributed by atoms with Gasteiger partial charge in [0.2, 0.25) is 5.91 Å². The van der Waals surface area contributed by atoms with E-state index in [0.717, 1.165) is 22.8 Å². The van der Waals surface area contributed by atoms with E-state index in [-0.39, 0.29) is 27.8 Å². The van der Waals surface area contributed by atoms with Gasteiger partial charge in [0.15, 0.2) is 0 Å². The number of benzene rings is 2. The van der Waals surface area contributed by atoms with Crippen molar-refractivity contribution < 1.29 is 32.0 Å². The van der Waals surface area contributed by atoms with Crippen LogP contribution in [0.1, 0.15) is 25.8 Å². The molecule has 8 nitrogen and oxygen atoms in total. The number of carbonyl (C=O) groups is 1. The quantitative estimate of drug-likeness (QED) is 0.313. The minimum absolute atomic E-state index is 0.0537. The van der Waals surface area contributed by atoms with Crippen molar-refractivity contribution in [3.8, 4) is 5.75 Å². The van der Waals surface area contributed by atoms with E-state index in [2.05, 4.69) is 17.8 Å². The van der Waals surface area contributed by atoms with Crippen LogP contribution in [-0.4, -0.2) is 69.7 Å². The smallest absolute Gasteiger partial charge is 0.229 e. The van der Waals surface area contributed by atoms with Gasteiger partial charge in [-0.15, -0.1) is 0 Å². The number of hydrogen-bond donors (Lipinski definition) is 1. The molecule has 0 aromatic heterocycles. The monoisotopic (exact) mass is 527 g/mol. The van der Waals surface area contributed by atoms with Crippen molar-refractivity contribution in [3.05, 3.63) is 54.1 Å². The zero-order valence-electron chi connectivity index (χ0n) is 21.1. The Bertz CT molecular complexity index is 962. The molecule has 0 saturated carbocycles. The van der Waals surface area contributed by atoms with E-state index in [0.29, 0.717) is 32.8 Å². The second-order valence-corrected chi connectivity index (χ2v) is 11.6. The average molecular weight is 528 g/mol. The molecular formula is C25H37NO7S2. The van der Waals surface area contributed by atoms with Gasteiger partial charge in [-0.3, -0.25) is 4.79 Å². The zero-order chi connectivity index (χ0) is 26.3. The van der Waals surface area contributed by atoms with Gasteiger partial charge in [0.25, 0.3) is 0 Å². The number of amides is 1. The van der Waals surface area contributed by atoms with Gasteiger partial charge in [-0.2, -0.15) is 0 Å². The molecule has 0 fully saturated rings. The number of ether oxygens (including phenoxy) is 3. The van der Waals surface area contributed by atoms with Crippen molar-refractivity contribution in [2.24, 2.45) is 0 Å². The Hall–Kier alpha value is -2.11. The van der Waals surface area contributed by atoms with Crippen LogP contribution in [0.2, 0.25) is 0 Å². The molecule has 1 atom stereocenters. The van der Waals surface area contributed by atoms with Crippen LogP contribution in [-0.2, 0) is 35.3 Å². The SMILES string of the molecule is CCOCC(COc1ccc(NC(=O)CC[S+](C)C)cc1)OCC.Cc1ccc(S(=O)(=O)[O-])cc1. The Balaban J connectivity index is 0.000000462. The molecule has 2 aromatic rings. The molecule has 2 rings (SSSR count). The Kier molecular flexibility index (Phi) is 14.6. The molecule has 0 aliphatic carbocycles. The first kappa shape index (κ1) is 30.9. The molecule has 0 aliphatic heterocycles. The maximum Gasteiger partial charge on any atom is 0.229 e. The van der Waals surface area contributed by atoms with E-state index in [1.54, 1.807) is 12.1 Å². The van der Waals surface area contributed by atoms with Crippen LogP contribution >= 0.6 is 0 Å². The minimum Gasteiger partial charge on any atom is -0.744 e. The van der Waals surface area contributed by atoms with E-state index in [4.69, 9.17) is 14.2 Å². The van der Waals surface area contributed by atoms with Crippen molar-refractivity contribution in [2.45, 2.75) is 38.2 Å². The molecule has 0 bridgehead atoms. The first-order valence-corrected chi connectivity index (χ1v) is 15.0. The minimum atomic E-state index is -4.27. The molecule has 1 unspecified atom stereocenters. The van der Waals surface area contributed by atoms with E-state index < -0.39 is 10.1 Å². The number of rotatable bonds is 13. The van der Waals surface area contributed by atoms with Crippen molar-refractivity contribution in [2.75, 3.05) is 50.0 Å². The van der Waals surface area contributed by atoms with Gasteiger partial charge in [0, 0.05) is 18.9 Å². The number of anilines is 1. The molecule has 0 aliphatic rings. The molecular weight excluding hydrogens is 490 g/mol. The summed E-state index contributed by atoms with van der Waals surface area (Å²) in [7, 11) is -3.98. The summed E-state index contributed by atoms with van der Waals surface area (Å²) in [6, 6.07) is 13.2. The van der Waals surface area contributed by atoms with Crippen LogP contribution in [0.4, 0.5) is 5.69 Å². The molecule has 0 radical (unpaired) electrons. The van der Waals surface area contributed by atoms with E-state index in [1.165, 1.54) is 12.1 Å². The molecule has 0 saturated heterocycles. The number of carbonyl (C=O) groups excluding carboxylic acids is 1. The lowest BCUT2D eigenvalue weighted by Crippen LogP contribution is -2.27. The lowest BCUT2D eigenvalue weighted by Gasteiger charge is -2.17. The van der Waals surface area contributed by atoms with Gasteiger partial charge in [0.1, 0.15) is 34.3 Å². The highest BCUT2D eigenvalue weighted by Gasteiger charge is 2.11. The van der Waals surface area contributed by atoms with Gasteiger partial charge < -0.3 is 24.1 Å². The maximum absolute atomic E-state index is 11.8. The van der Waals surface area contributed by atoms with Crippen molar-refractivity contribution in [3.63, 3.8) is 0 Å². The summed E-state index contributed by atoms with van der Waals surface area (Å²) in [5.74, 6) is 1.72. The summed E-state index contributed by atoms with van der Waals surface area (Å²) >= 11 is 0. The summed E-state index contributed by atoms with van der Waals surface area (Å²) < 4.78 is 47.9. The summed E-state index contributed by atoms with van der Waals surface area (Å²) in [5, 5.41) is 2.90. The number of hydrogen-bond acceptors (Lipinski definition) is 7. The third kappa shape index (κ3) is 14.1. The largest absolute Gasteiger partial charge is 0.744 e. The lowest BCUT2D eigenvalue weighted by molar-refractivity contribution is -0.115. The zero-order valence-corrected chi connectivity index (χ0v) is 22.7. The summed E-state index contributed by atoms with van der Waals surface area (Å²) in [5.41, 5.74) is 1.72. The van der Waals surface area contributed by atoms with Crippen LogP contribution in [0.5, 0.6) is 5.75 Å². The highest BCUT2D eigenvalue weighted by molar-refractivity contribution is 7.95. The molecule has 1 amide bonds. The fourth-order valence-electron chi connectivity index (χ4n) is 2.68. The Morgan fingerprint density at radius 3 is 2.14 bits per heavy atom. The van der Waals surface area contributed by atoms with E-state index in [1.807, 2.05) is 45.0 Å². The van der Waals surface area contributed by atoms with Crippen molar-refractivity contribution >= 4 is 32.6 Å². The fraction of sp³-hybridized carbons (Fsp3) is 0.480. The average Bonchev–Trinajstić information content (AvgIpc) is 2.80. The normalized spacial score (nSPS) is 12.0. The topological polar surface area (TPSA) is 114 Å². The van der Waals surface area contributed by atoms with Gasteiger partial charge in [0.05, 0.1) is 30.4 Å². The Morgan fingerprint density at radius 1 is 1.00 bits per heavy atom. The van der Waals surface area contributed by atoms with Crippen LogP contribution in [0, 0.1) is 6.92 Å². The van der Waals surface area contributed by atoms with Crippen LogP contribution in [0.25, 0.3) is 0 Å². The second-order valence-electron chi connectivity index (χ2n) is 7.83. The predicted molar refractivity (Wildman–Crippen MR) is 140 cm³/mol. The molecule has 0 spiro atoms. The first-order valence-electron chi connectivity index (χ1n) is 11.3. The third-order valence-corrected chi connectivity index (χ3v) is 6.40. The molecule has 35 heavy (non-hydrogen) atoms. The van der Waals surface area contributed by atoms with Crippen LogP contribution < -0.4 is 10.1 Å². The summed E-state index contributed by atoms with van der Waals surface area (Å²) in [4.78, 5) is 11.6. The molecule has 0 heterocycles. The van der Waals surface area contributed by atoms with Gasteiger partial charge in [-0.1, -0.05) is 17.7 Å². The van der Waals surface area contributed by atoms with Crippen molar-refractivity contribution in [1.82, 2.24) is 0 Å².